The zero-order chi connectivity index (χ0) is 11.7. The predicted molar refractivity (Wildman–Crippen MR) is 60.8 cm³/mol. The highest BCUT2D eigenvalue weighted by Gasteiger charge is 2.18. The number of carboxylic acids is 1. The molecule has 0 aliphatic carbocycles. The van der Waals surface area contributed by atoms with Crippen molar-refractivity contribution in [2.75, 3.05) is 0 Å². The molecule has 0 aliphatic heterocycles. The average Bonchev–Trinajstić information content (AvgIpc) is 2.58. The van der Waals surface area contributed by atoms with E-state index < -0.39 is 5.97 Å². The molecule has 5 nitrogen and oxygen atoms in total. The Balaban J connectivity index is 2.60. The largest absolute Gasteiger partial charge is 0.476 e. The number of hydrogen-bond donors (Lipinski definition) is 1. The molecule has 0 bridgehead atoms. The number of carboxylic acid groups (broad SMARTS) is 1. The van der Waals surface area contributed by atoms with E-state index in [1.807, 2.05) is 6.07 Å². The summed E-state index contributed by atoms with van der Waals surface area (Å²) in [5.41, 5.74) is 0.694. The van der Waals surface area contributed by atoms with Gasteiger partial charge in [-0.2, -0.15) is 5.10 Å². The molecule has 16 heavy (non-hydrogen) atoms. The molecule has 0 amide bonds. The molecule has 0 saturated heterocycles. The Morgan fingerprint density at radius 1 is 1.50 bits per heavy atom. The van der Waals surface area contributed by atoms with Crippen molar-refractivity contribution in [3.63, 3.8) is 0 Å². The Labute approximate surface area is 99.9 Å². The highest BCUT2D eigenvalue weighted by atomic mass is 79.9. The lowest BCUT2D eigenvalue weighted by Crippen LogP contribution is -2.03. The smallest absolute Gasteiger partial charge is 0.357 e. The summed E-state index contributed by atoms with van der Waals surface area (Å²) in [6.07, 6.45) is 1.63. The van der Waals surface area contributed by atoms with Crippen molar-refractivity contribution in [2.24, 2.45) is 0 Å². The van der Waals surface area contributed by atoms with Crippen molar-refractivity contribution >= 4 is 21.9 Å². The van der Waals surface area contributed by atoms with Crippen molar-refractivity contribution in [1.29, 1.82) is 0 Å². The fourth-order valence-corrected chi connectivity index (χ4v) is 1.74. The standard InChI is InChI=1S/C10H8BrN3O2/c1-6-8(11)9(10(15)16)13-14(6)7-4-2-3-5-12-7/h2-5H,1H3,(H,15,16). The second-order valence-corrected chi connectivity index (χ2v) is 3.95. The van der Waals surface area contributed by atoms with E-state index in [0.717, 1.165) is 0 Å². The molecule has 2 aromatic heterocycles. The number of aromatic carboxylic acids is 1. The highest BCUT2D eigenvalue weighted by molar-refractivity contribution is 9.10. The first-order valence-electron chi connectivity index (χ1n) is 4.51. The lowest BCUT2D eigenvalue weighted by atomic mass is 10.4. The van der Waals surface area contributed by atoms with Gasteiger partial charge in [0.25, 0.3) is 0 Å². The van der Waals surface area contributed by atoms with Gasteiger partial charge < -0.3 is 5.11 Å². The van der Waals surface area contributed by atoms with Gasteiger partial charge in [0, 0.05) is 6.20 Å². The topological polar surface area (TPSA) is 68.0 Å². The second kappa shape index (κ2) is 4.05. The molecule has 0 saturated carbocycles. The molecular weight excluding hydrogens is 274 g/mol. The summed E-state index contributed by atoms with van der Waals surface area (Å²) < 4.78 is 1.97. The maximum absolute atomic E-state index is 10.9. The van der Waals surface area contributed by atoms with Crippen LogP contribution in [-0.4, -0.2) is 25.8 Å². The van der Waals surface area contributed by atoms with Gasteiger partial charge in [-0.1, -0.05) is 6.07 Å². The maximum atomic E-state index is 10.9. The minimum absolute atomic E-state index is 0.0110. The molecule has 0 fully saturated rings. The van der Waals surface area contributed by atoms with Crippen LogP contribution in [0.25, 0.3) is 5.82 Å². The van der Waals surface area contributed by atoms with Crippen LogP contribution >= 0.6 is 15.9 Å². The van der Waals surface area contributed by atoms with Crippen molar-refractivity contribution in [2.45, 2.75) is 6.92 Å². The van der Waals surface area contributed by atoms with E-state index in [1.165, 1.54) is 4.68 Å². The van der Waals surface area contributed by atoms with Crippen LogP contribution in [0.3, 0.4) is 0 Å². The summed E-state index contributed by atoms with van der Waals surface area (Å²) in [5.74, 6) is -0.474. The normalized spacial score (nSPS) is 10.4. The van der Waals surface area contributed by atoms with Crippen molar-refractivity contribution in [3.05, 3.63) is 40.3 Å². The molecule has 0 spiro atoms. The fraction of sp³-hybridized carbons (Fsp3) is 0.100. The van der Waals surface area contributed by atoms with Crippen molar-refractivity contribution in [3.8, 4) is 5.82 Å². The van der Waals surface area contributed by atoms with Gasteiger partial charge >= 0.3 is 5.97 Å². The van der Waals surface area contributed by atoms with E-state index in [0.29, 0.717) is 16.0 Å². The number of pyridine rings is 1. The fourth-order valence-electron chi connectivity index (χ4n) is 1.32. The van der Waals surface area contributed by atoms with E-state index in [2.05, 4.69) is 26.0 Å². The minimum Gasteiger partial charge on any atom is -0.476 e. The zero-order valence-corrected chi connectivity index (χ0v) is 9.97. The second-order valence-electron chi connectivity index (χ2n) is 3.15. The molecule has 0 aliphatic rings. The molecule has 2 rings (SSSR count). The van der Waals surface area contributed by atoms with Gasteiger partial charge in [0.1, 0.15) is 0 Å². The van der Waals surface area contributed by atoms with Crippen LogP contribution in [0.4, 0.5) is 0 Å². The highest BCUT2D eigenvalue weighted by Crippen LogP contribution is 2.22. The van der Waals surface area contributed by atoms with Gasteiger partial charge in [0.15, 0.2) is 11.5 Å². The maximum Gasteiger partial charge on any atom is 0.357 e. The van der Waals surface area contributed by atoms with Gasteiger partial charge in [0.2, 0.25) is 0 Å². The van der Waals surface area contributed by atoms with Gasteiger partial charge in [-0.05, 0) is 35.0 Å². The lowest BCUT2D eigenvalue weighted by molar-refractivity contribution is 0.0689. The van der Waals surface area contributed by atoms with Gasteiger partial charge in [-0.15, -0.1) is 0 Å². The summed E-state index contributed by atoms with van der Waals surface area (Å²) in [6, 6.07) is 5.37. The Kier molecular flexibility index (Phi) is 2.74. The molecule has 6 heteroatoms. The first kappa shape index (κ1) is 10.8. The number of hydrogen-bond acceptors (Lipinski definition) is 3. The lowest BCUT2D eigenvalue weighted by Gasteiger charge is -2.01. The summed E-state index contributed by atoms with van der Waals surface area (Å²) in [4.78, 5) is 15.0. The Hall–Kier alpha value is -1.69. The van der Waals surface area contributed by atoms with Crippen LogP contribution in [0.1, 0.15) is 16.2 Å². The third-order valence-electron chi connectivity index (χ3n) is 2.11. The zero-order valence-electron chi connectivity index (χ0n) is 8.38. The number of nitrogens with zero attached hydrogens (tertiary/aromatic N) is 3. The van der Waals surface area contributed by atoms with Gasteiger partial charge in [0.05, 0.1) is 10.2 Å². The first-order valence-corrected chi connectivity index (χ1v) is 5.30. The monoisotopic (exact) mass is 281 g/mol. The van der Waals surface area contributed by atoms with E-state index >= 15 is 0 Å². The number of halogens is 1. The first-order chi connectivity index (χ1) is 7.61. The molecule has 1 N–H and O–H groups in total. The van der Waals surface area contributed by atoms with Crippen LogP contribution in [0.15, 0.2) is 28.9 Å². The number of aromatic nitrogens is 3. The predicted octanol–water partition coefficient (Wildman–Crippen LogP) is 2.04. The van der Waals surface area contributed by atoms with E-state index in [-0.39, 0.29) is 5.69 Å². The average molecular weight is 282 g/mol. The molecule has 0 radical (unpaired) electrons. The molecule has 82 valence electrons. The quantitative estimate of drug-likeness (QED) is 0.915. The van der Waals surface area contributed by atoms with Gasteiger partial charge in [-0.3, -0.25) is 0 Å². The third kappa shape index (κ3) is 1.71. The van der Waals surface area contributed by atoms with E-state index in [9.17, 15) is 4.79 Å². The Morgan fingerprint density at radius 2 is 2.25 bits per heavy atom. The van der Waals surface area contributed by atoms with Crippen LogP contribution < -0.4 is 0 Å². The van der Waals surface area contributed by atoms with Crippen LogP contribution in [0, 0.1) is 6.92 Å². The molecule has 0 atom stereocenters. The summed E-state index contributed by atoms with van der Waals surface area (Å²) >= 11 is 3.21. The summed E-state index contributed by atoms with van der Waals surface area (Å²) in [5, 5.41) is 12.9. The van der Waals surface area contributed by atoms with Crippen LogP contribution in [0.5, 0.6) is 0 Å². The van der Waals surface area contributed by atoms with Crippen LogP contribution in [0.2, 0.25) is 0 Å². The molecule has 0 unspecified atom stereocenters. The summed E-state index contributed by atoms with van der Waals surface area (Å²) in [6.45, 7) is 1.78. The number of carbonyl (C=O) groups is 1. The van der Waals surface area contributed by atoms with Crippen LogP contribution in [-0.2, 0) is 0 Å². The van der Waals surface area contributed by atoms with Crippen molar-refractivity contribution < 1.29 is 9.90 Å². The molecular formula is C10H8BrN3O2. The summed E-state index contributed by atoms with van der Waals surface area (Å²) in [7, 11) is 0. The molecule has 0 aromatic carbocycles. The molecule has 2 heterocycles. The molecule has 2 aromatic rings. The third-order valence-corrected chi connectivity index (χ3v) is 3.06. The Bertz CT molecular complexity index is 536. The number of rotatable bonds is 2. The SMILES string of the molecule is Cc1c(Br)c(C(=O)O)nn1-c1ccccn1. The van der Waals surface area contributed by atoms with E-state index in [1.54, 1.807) is 25.3 Å². The van der Waals surface area contributed by atoms with E-state index in [4.69, 9.17) is 5.11 Å². The Morgan fingerprint density at radius 3 is 2.75 bits per heavy atom. The van der Waals surface area contributed by atoms with Gasteiger partial charge in [-0.25, -0.2) is 14.5 Å². The van der Waals surface area contributed by atoms with Crippen molar-refractivity contribution in [1.82, 2.24) is 14.8 Å². The minimum atomic E-state index is -1.07.